The first-order chi connectivity index (χ1) is 9.80. The van der Waals surface area contributed by atoms with Crippen molar-refractivity contribution in [2.24, 2.45) is 0 Å². The van der Waals surface area contributed by atoms with Crippen molar-refractivity contribution in [3.05, 3.63) is 53.6 Å². The van der Waals surface area contributed by atoms with Gasteiger partial charge in [-0.3, -0.25) is 0 Å². The van der Waals surface area contributed by atoms with Gasteiger partial charge >= 0.3 is 0 Å². The summed E-state index contributed by atoms with van der Waals surface area (Å²) in [6.45, 7) is 0.938. The standard InChI is InChI=1S/C17H19NO2/c1-19-15-8-13(9-16(10-15)20-2)14-7-12-5-3-4-6-17(12)18-11-14/h3-6,8-10,14,18H,7,11H2,1-2H3. The first-order valence-corrected chi connectivity index (χ1v) is 6.85. The van der Waals surface area contributed by atoms with Crippen LogP contribution in [-0.2, 0) is 6.42 Å². The molecule has 3 nitrogen and oxygen atoms in total. The topological polar surface area (TPSA) is 30.5 Å². The molecule has 104 valence electrons. The maximum absolute atomic E-state index is 5.36. The summed E-state index contributed by atoms with van der Waals surface area (Å²) >= 11 is 0. The molecule has 0 aromatic heterocycles. The second-order valence-corrected chi connectivity index (χ2v) is 5.09. The van der Waals surface area contributed by atoms with Crippen molar-refractivity contribution in [3.63, 3.8) is 0 Å². The van der Waals surface area contributed by atoms with Gasteiger partial charge in [-0.25, -0.2) is 0 Å². The van der Waals surface area contributed by atoms with Gasteiger partial charge in [0, 0.05) is 24.2 Å². The van der Waals surface area contributed by atoms with Gasteiger partial charge in [0.2, 0.25) is 0 Å². The molecule has 1 aliphatic heterocycles. The third-order valence-electron chi connectivity index (χ3n) is 3.87. The quantitative estimate of drug-likeness (QED) is 0.925. The fourth-order valence-corrected chi connectivity index (χ4v) is 2.74. The lowest BCUT2D eigenvalue weighted by atomic mass is 9.88. The molecule has 0 spiro atoms. The SMILES string of the molecule is COc1cc(OC)cc(C2CNc3ccccc3C2)c1. The molecule has 1 unspecified atom stereocenters. The highest BCUT2D eigenvalue weighted by atomic mass is 16.5. The number of benzene rings is 2. The zero-order valence-corrected chi connectivity index (χ0v) is 11.8. The molecule has 2 aromatic carbocycles. The van der Waals surface area contributed by atoms with Crippen LogP contribution in [0.2, 0.25) is 0 Å². The Hall–Kier alpha value is -2.16. The number of methoxy groups -OCH3 is 2. The van der Waals surface area contributed by atoms with Crippen LogP contribution in [0.1, 0.15) is 17.0 Å². The summed E-state index contributed by atoms with van der Waals surface area (Å²) in [6, 6.07) is 14.6. The fourth-order valence-electron chi connectivity index (χ4n) is 2.74. The highest BCUT2D eigenvalue weighted by Crippen LogP contribution is 2.33. The molecular formula is C17H19NO2. The molecule has 0 aliphatic carbocycles. The monoisotopic (exact) mass is 269 g/mol. The molecule has 20 heavy (non-hydrogen) atoms. The van der Waals surface area contributed by atoms with Crippen molar-refractivity contribution in [2.45, 2.75) is 12.3 Å². The summed E-state index contributed by atoms with van der Waals surface area (Å²) < 4.78 is 10.7. The van der Waals surface area contributed by atoms with Gasteiger partial charge in [0.1, 0.15) is 11.5 Å². The summed E-state index contributed by atoms with van der Waals surface area (Å²) in [7, 11) is 3.37. The van der Waals surface area contributed by atoms with E-state index in [4.69, 9.17) is 9.47 Å². The van der Waals surface area contributed by atoms with Crippen molar-refractivity contribution < 1.29 is 9.47 Å². The Labute approximate surface area is 119 Å². The number of hydrogen-bond acceptors (Lipinski definition) is 3. The second-order valence-electron chi connectivity index (χ2n) is 5.09. The zero-order chi connectivity index (χ0) is 13.9. The van der Waals surface area contributed by atoms with E-state index in [1.807, 2.05) is 6.07 Å². The minimum absolute atomic E-state index is 0.439. The van der Waals surface area contributed by atoms with E-state index in [0.717, 1.165) is 24.5 Å². The molecule has 3 rings (SSSR count). The Morgan fingerprint density at radius 2 is 1.70 bits per heavy atom. The van der Waals surface area contributed by atoms with Crippen LogP contribution in [0, 0.1) is 0 Å². The van der Waals surface area contributed by atoms with E-state index in [1.54, 1.807) is 14.2 Å². The largest absolute Gasteiger partial charge is 0.497 e. The molecule has 3 heteroatoms. The van der Waals surface area contributed by atoms with Gasteiger partial charge in [-0.05, 0) is 35.7 Å². The lowest BCUT2D eigenvalue weighted by Gasteiger charge is -2.27. The minimum atomic E-state index is 0.439. The van der Waals surface area contributed by atoms with Gasteiger partial charge in [0.05, 0.1) is 14.2 Å². The maximum Gasteiger partial charge on any atom is 0.122 e. The zero-order valence-electron chi connectivity index (χ0n) is 11.8. The van der Waals surface area contributed by atoms with E-state index >= 15 is 0 Å². The van der Waals surface area contributed by atoms with Crippen molar-refractivity contribution in [3.8, 4) is 11.5 Å². The molecule has 1 N–H and O–H groups in total. The Kier molecular flexibility index (Phi) is 3.50. The Balaban J connectivity index is 1.91. The predicted molar refractivity (Wildman–Crippen MR) is 80.9 cm³/mol. The molecule has 1 heterocycles. The van der Waals surface area contributed by atoms with Crippen LogP contribution < -0.4 is 14.8 Å². The van der Waals surface area contributed by atoms with E-state index in [0.29, 0.717) is 5.92 Å². The Bertz CT molecular complexity index is 587. The van der Waals surface area contributed by atoms with E-state index in [9.17, 15) is 0 Å². The van der Waals surface area contributed by atoms with Gasteiger partial charge < -0.3 is 14.8 Å². The Morgan fingerprint density at radius 1 is 1.00 bits per heavy atom. The molecule has 0 saturated heterocycles. The predicted octanol–water partition coefficient (Wildman–Crippen LogP) is 3.46. The average molecular weight is 269 g/mol. The third-order valence-corrected chi connectivity index (χ3v) is 3.87. The number of ether oxygens (including phenoxy) is 2. The van der Waals surface area contributed by atoms with Crippen LogP contribution in [0.25, 0.3) is 0 Å². The number of fused-ring (bicyclic) bond motifs is 1. The van der Waals surface area contributed by atoms with Crippen molar-refractivity contribution >= 4 is 5.69 Å². The number of nitrogens with one attached hydrogen (secondary N) is 1. The van der Waals surface area contributed by atoms with Crippen LogP contribution >= 0.6 is 0 Å². The summed E-state index contributed by atoms with van der Waals surface area (Å²) in [5.74, 6) is 2.13. The highest BCUT2D eigenvalue weighted by Gasteiger charge is 2.20. The fraction of sp³-hybridized carbons (Fsp3) is 0.294. The van der Waals surface area contributed by atoms with Crippen molar-refractivity contribution in [1.29, 1.82) is 0 Å². The number of para-hydroxylation sites is 1. The lowest BCUT2D eigenvalue weighted by Crippen LogP contribution is -2.21. The summed E-state index contributed by atoms with van der Waals surface area (Å²) in [5, 5.41) is 3.50. The molecular weight excluding hydrogens is 250 g/mol. The third kappa shape index (κ3) is 2.44. The normalized spacial score (nSPS) is 17.0. The van der Waals surface area contributed by atoms with Gasteiger partial charge in [0.15, 0.2) is 0 Å². The summed E-state index contributed by atoms with van der Waals surface area (Å²) in [6.07, 6.45) is 1.04. The van der Waals surface area contributed by atoms with Crippen molar-refractivity contribution in [2.75, 3.05) is 26.1 Å². The first-order valence-electron chi connectivity index (χ1n) is 6.85. The lowest BCUT2D eigenvalue weighted by molar-refractivity contribution is 0.392. The Morgan fingerprint density at radius 3 is 2.40 bits per heavy atom. The minimum Gasteiger partial charge on any atom is -0.497 e. The number of rotatable bonds is 3. The van der Waals surface area contributed by atoms with E-state index in [1.165, 1.54) is 16.8 Å². The second kappa shape index (κ2) is 5.45. The number of hydrogen-bond donors (Lipinski definition) is 1. The van der Waals surface area contributed by atoms with Gasteiger partial charge in [-0.1, -0.05) is 18.2 Å². The average Bonchev–Trinajstić information content (AvgIpc) is 2.53. The summed E-state index contributed by atoms with van der Waals surface area (Å²) in [4.78, 5) is 0. The molecule has 0 amide bonds. The molecule has 0 bridgehead atoms. The smallest absolute Gasteiger partial charge is 0.122 e. The first kappa shape index (κ1) is 12.9. The summed E-state index contributed by atoms with van der Waals surface area (Å²) in [5.41, 5.74) is 3.87. The van der Waals surface area contributed by atoms with Gasteiger partial charge in [0.25, 0.3) is 0 Å². The van der Waals surface area contributed by atoms with Crippen LogP contribution in [-0.4, -0.2) is 20.8 Å². The van der Waals surface area contributed by atoms with E-state index in [-0.39, 0.29) is 0 Å². The number of anilines is 1. The maximum atomic E-state index is 5.36. The van der Waals surface area contributed by atoms with E-state index in [2.05, 4.69) is 41.7 Å². The van der Waals surface area contributed by atoms with Crippen LogP contribution in [0.5, 0.6) is 11.5 Å². The molecule has 1 aliphatic rings. The van der Waals surface area contributed by atoms with Crippen LogP contribution in [0.4, 0.5) is 5.69 Å². The van der Waals surface area contributed by atoms with Gasteiger partial charge in [-0.2, -0.15) is 0 Å². The van der Waals surface area contributed by atoms with Gasteiger partial charge in [-0.15, -0.1) is 0 Å². The highest BCUT2D eigenvalue weighted by molar-refractivity contribution is 5.55. The van der Waals surface area contributed by atoms with E-state index < -0.39 is 0 Å². The van der Waals surface area contributed by atoms with Crippen molar-refractivity contribution in [1.82, 2.24) is 0 Å². The molecule has 0 saturated carbocycles. The molecule has 0 radical (unpaired) electrons. The van der Waals surface area contributed by atoms with Crippen LogP contribution in [0.15, 0.2) is 42.5 Å². The molecule has 0 fully saturated rings. The molecule has 2 aromatic rings. The van der Waals surface area contributed by atoms with Crippen LogP contribution in [0.3, 0.4) is 0 Å². The molecule has 1 atom stereocenters.